The van der Waals surface area contributed by atoms with Crippen molar-refractivity contribution in [3.8, 4) is 0 Å². The third kappa shape index (κ3) is 6.07. The lowest BCUT2D eigenvalue weighted by atomic mass is 10.2. The lowest BCUT2D eigenvalue weighted by Gasteiger charge is -2.14. The molecule has 7 heteroatoms. The molecule has 2 N–H and O–H groups in total. The normalized spacial score (nSPS) is 11.7. The molecule has 0 spiro atoms. The van der Waals surface area contributed by atoms with Gasteiger partial charge in [-0.05, 0) is 55.8 Å². The summed E-state index contributed by atoms with van der Waals surface area (Å²) in [5.74, 6) is -0.713. The van der Waals surface area contributed by atoms with Gasteiger partial charge in [0, 0.05) is 16.4 Å². The fourth-order valence-corrected chi connectivity index (χ4v) is 2.83. The van der Waals surface area contributed by atoms with Crippen molar-refractivity contribution >= 4 is 46.6 Å². The molecule has 0 radical (unpaired) electrons. The van der Waals surface area contributed by atoms with E-state index in [0.717, 1.165) is 5.56 Å². The van der Waals surface area contributed by atoms with Crippen LogP contribution in [0.3, 0.4) is 0 Å². The van der Waals surface area contributed by atoms with E-state index in [1.807, 2.05) is 13.0 Å². The first kappa shape index (κ1) is 19.3. The molecule has 0 unspecified atom stereocenters. The van der Waals surface area contributed by atoms with Crippen LogP contribution in [-0.2, 0) is 9.59 Å². The molecule has 2 aromatic carbocycles. The zero-order chi connectivity index (χ0) is 18.4. The molecule has 0 saturated heterocycles. The van der Waals surface area contributed by atoms with E-state index in [4.69, 9.17) is 11.6 Å². The van der Waals surface area contributed by atoms with Gasteiger partial charge in [0.1, 0.15) is 5.82 Å². The second kappa shape index (κ2) is 8.87. The summed E-state index contributed by atoms with van der Waals surface area (Å²) in [6.45, 7) is 3.60. The molecule has 0 aliphatic rings. The van der Waals surface area contributed by atoms with Crippen LogP contribution in [0.4, 0.5) is 15.8 Å². The Kier molecular flexibility index (Phi) is 6.84. The number of hydrogen-bond donors (Lipinski definition) is 2. The van der Waals surface area contributed by atoms with E-state index in [0.29, 0.717) is 16.4 Å². The van der Waals surface area contributed by atoms with Crippen molar-refractivity contribution in [2.45, 2.75) is 19.1 Å². The summed E-state index contributed by atoms with van der Waals surface area (Å²) in [6.07, 6.45) is 0. The summed E-state index contributed by atoms with van der Waals surface area (Å²) in [7, 11) is 0. The first-order valence-corrected chi connectivity index (χ1v) is 9.02. The van der Waals surface area contributed by atoms with Crippen LogP contribution in [0.25, 0.3) is 0 Å². The van der Waals surface area contributed by atoms with E-state index >= 15 is 0 Å². The lowest BCUT2D eigenvalue weighted by molar-refractivity contribution is -0.115. The molecule has 0 fully saturated rings. The van der Waals surface area contributed by atoms with Crippen LogP contribution < -0.4 is 10.6 Å². The number of amides is 2. The number of halogens is 2. The molecular weight excluding hydrogens is 363 g/mol. The Hall–Kier alpha value is -2.05. The summed E-state index contributed by atoms with van der Waals surface area (Å²) in [6, 6.07) is 10.8. The predicted molar refractivity (Wildman–Crippen MR) is 102 cm³/mol. The van der Waals surface area contributed by atoms with E-state index < -0.39 is 5.25 Å². The van der Waals surface area contributed by atoms with Crippen LogP contribution in [0.15, 0.2) is 42.5 Å². The third-order valence-electron chi connectivity index (χ3n) is 3.42. The monoisotopic (exact) mass is 380 g/mol. The van der Waals surface area contributed by atoms with Gasteiger partial charge in [-0.15, -0.1) is 11.8 Å². The van der Waals surface area contributed by atoms with Crippen molar-refractivity contribution in [2.75, 3.05) is 16.4 Å². The Labute approximate surface area is 155 Å². The Morgan fingerprint density at radius 2 is 1.84 bits per heavy atom. The maximum absolute atomic E-state index is 12.8. The topological polar surface area (TPSA) is 58.2 Å². The molecule has 1 atom stereocenters. The quantitative estimate of drug-likeness (QED) is 0.776. The molecule has 4 nitrogen and oxygen atoms in total. The van der Waals surface area contributed by atoms with Gasteiger partial charge in [-0.25, -0.2) is 4.39 Å². The lowest BCUT2D eigenvalue weighted by Crippen LogP contribution is -2.25. The highest BCUT2D eigenvalue weighted by Gasteiger charge is 2.16. The van der Waals surface area contributed by atoms with Crippen LogP contribution in [0, 0.1) is 12.7 Å². The zero-order valence-electron chi connectivity index (χ0n) is 13.8. The van der Waals surface area contributed by atoms with Crippen LogP contribution in [0.2, 0.25) is 5.02 Å². The number of thioether (sulfide) groups is 1. The number of anilines is 2. The Balaban J connectivity index is 1.83. The summed E-state index contributed by atoms with van der Waals surface area (Å²) in [5, 5.41) is 5.59. The van der Waals surface area contributed by atoms with Gasteiger partial charge in [0.2, 0.25) is 11.8 Å². The molecule has 132 valence electrons. The van der Waals surface area contributed by atoms with Gasteiger partial charge in [-0.3, -0.25) is 9.59 Å². The Bertz CT molecular complexity index is 768. The third-order valence-corrected chi connectivity index (χ3v) is 4.80. The first-order valence-electron chi connectivity index (χ1n) is 7.59. The number of hydrogen-bond acceptors (Lipinski definition) is 3. The first-order chi connectivity index (χ1) is 11.8. The van der Waals surface area contributed by atoms with E-state index in [1.165, 1.54) is 36.0 Å². The average Bonchev–Trinajstić information content (AvgIpc) is 2.58. The van der Waals surface area contributed by atoms with Crippen LogP contribution in [0.1, 0.15) is 12.5 Å². The van der Waals surface area contributed by atoms with Crippen molar-refractivity contribution in [3.05, 3.63) is 58.9 Å². The minimum Gasteiger partial charge on any atom is -0.325 e. The average molecular weight is 381 g/mol. The van der Waals surface area contributed by atoms with Gasteiger partial charge in [-0.2, -0.15) is 0 Å². The largest absolute Gasteiger partial charge is 0.325 e. The molecule has 0 aliphatic heterocycles. The van der Waals surface area contributed by atoms with Crippen LogP contribution in [0.5, 0.6) is 0 Å². The smallest absolute Gasteiger partial charge is 0.237 e. The molecule has 0 bridgehead atoms. The molecule has 2 aromatic rings. The maximum Gasteiger partial charge on any atom is 0.237 e. The number of aryl methyl sites for hydroxylation is 1. The van der Waals surface area contributed by atoms with E-state index in [2.05, 4.69) is 10.6 Å². The molecule has 2 rings (SSSR count). The van der Waals surface area contributed by atoms with Crippen molar-refractivity contribution < 1.29 is 14.0 Å². The van der Waals surface area contributed by atoms with Crippen molar-refractivity contribution in [3.63, 3.8) is 0 Å². The Morgan fingerprint density at radius 3 is 2.52 bits per heavy atom. The predicted octanol–water partition coefficient (Wildman–Crippen LogP) is 4.49. The van der Waals surface area contributed by atoms with Gasteiger partial charge in [0.05, 0.1) is 11.0 Å². The number of nitrogens with one attached hydrogen (secondary N) is 2. The fourth-order valence-electron chi connectivity index (χ4n) is 1.97. The second-order valence-corrected chi connectivity index (χ2v) is 7.22. The fraction of sp³-hybridized carbons (Fsp3) is 0.222. The van der Waals surface area contributed by atoms with Crippen molar-refractivity contribution in [2.24, 2.45) is 0 Å². The van der Waals surface area contributed by atoms with Gasteiger partial charge in [0.25, 0.3) is 0 Å². The Morgan fingerprint density at radius 1 is 1.16 bits per heavy atom. The molecule has 0 aliphatic carbocycles. The molecular formula is C18H18ClFN2O2S. The number of benzene rings is 2. The highest BCUT2D eigenvalue weighted by molar-refractivity contribution is 8.01. The standard InChI is InChI=1S/C18H18ClFN2O2S/c1-11-3-4-13(19)9-16(11)22-18(24)12(2)25-10-17(23)21-15-7-5-14(20)6-8-15/h3-9,12H,10H2,1-2H3,(H,21,23)(H,22,24)/t12-/m1/s1. The van der Waals surface area contributed by atoms with Gasteiger partial charge in [-0.1, -0.05) is 17.7 Å². The highest BCUT2D eigenvalue weighted by Crippen LogP contribution is 2.22. The van der Waals surface area contributed by atoms with Gasteiger partial charge < -0.3 is 10.6 Å². The number of carbonyl (C=O) groups excluding carboxylic acids is 2. The molecule has 2 amide bonds. The maximum atomic E-state index is 12.8. The van der Waals surface area contributed by atoms with Crippen LogP contribution >= 0.6 is 23.4 Å². The van der Waals surface area contributed by atoms with E-state index in [9.17, 15) is 14.0 Å². The minimum atomic E-state index is -0.419. The van der Waals surface area contributed by atoms with E-state index in [1.54, 1.807) is 19.1 Å². The van der Waals surface area contributed by atoms with E-state index in [-0.39, 0.29) is 23.4 Å². The van der Waals surface area contributed by atoms with Gasteiger partial charge in [0.15, 0.2) is 0 Å². The highest BCUT2D eigenvalue weighted by atomic mass is 35.5. The molecule has 0 heterocycles. The number of carbonyl (C=O) groups is 2. The summed E-state index contributed by atoms with van der Waals surface area (Å²) in [4.78, 5) is 24.1. The molecule has 25 heavy (non-hydrogen) atoms. The van der Waals surface area contributed by atoms with Crippen molar-refractivity contribution in [1.29, 1.82) is 0 Å². The molecule has 0 aromatic heterocycles. The van der Waals surface area contributed by atoms with Crippen LogP contribution in [-0.4, -0.2) is 22.8 Å². The summed E-state index contributed by atoms with van der Waals surface area (Å²) >= 11 is 7.15. The zero-order valence-corrected chi connectivity index (χ0v) is 15.4. The molecule has 0 saturated carbocycles. The summed E-state index contributed by atoms with van der Waals surface area (Å²) < 4.78 is 12.8. The summed E-state index contributed by atoms with van der Waals surface area (Å²) in [5.41, 5.74) is 2.07. The SMILES string of the molecule is Cc1ccc(Cl)cc1NC(=O)[C@@H](C)SCC(=O)Nc1ccc(F)cc1. The van der Waals surface area contributed by atoms with Gasteiger partial charge >= 0.3 is 0 Å². The second-order valence-electron chi connectivity index (χ2n) is 5.46. The number of rotatable bonds is 6. The van der Waals surface area contributed by atoms with Crippen molar-refractivity contribution in [1.82, 2.24) is 0 Å². The minimum absolute atomic E-state index is 0.112.